The van der Waals surface area contributed by atoms with E-state index < -0.39 is 10.0 Å². The van der Waals surface area contributed by atoms with E-state index in [-0.39, 0.29) is 10.9 Å². The summed E-state index contributed by atoms with van der Waals surface area (Å²) in [4.78, 5) is 2.68. The van der Waals surface area contributed by atoms with Crippen molar-refractivity contribution in [3.8, 4) is 11.5 Å². The van der Waals surface area contributed by atoms with Crippen LogP contribution in [0.3, 0.4) is 0 Å². The maximum Gasteiger partial charge on any atom is 0.264 e. The number of hydrogen-bond acceptors (Lipinski definition) is 5. The molecule has 3 aromatic rings. The van der Waals surface area contributed by atoms with E-state index in [0.29, 0.717) is 17.2 Å². The summed E-state index contributed by atoms with van der Waals surface area (Å²) in [6.07, 6.45) is 2.53. The number of likely N-dealkylation sites (tertiary alicyclic amines) is 1. The average Bonchev–Trinajstić information content (AvgIpc) is 2.89. The fourth-order valence-corrected chi connectivity index (χ4v) is 6.17. The van der Waals surface area contributed by atoms with E-state index in [9.17, 15) is 8.42 Å². The highest BCUT2D eigenvalue weighted by molar-refractivity contribution is 7.92. The summed E-state index contributed by atoms with van der Waals surface area (Å²) in [5.41, 5.74) is 1.95. The Morgan fingerprint density at radius 2 is 1.53 bits per heavy atom. The first kappa shape index (κ1) is 24.1. The van der Waals surface area contributed by atoms with Crippen molar-refractivity contribution in [1.29, 1.82) is 0 Å². The first-order valence-corrected chi connectivity index (χ1v) is 13.0. The van der Waals surface area contributed by atoms with Gasteiger partial charge in [-0.25, -0.2) is 8.42 Å². The van der Waals surface area contributed by atoms with Crippen LogP contribution in [0.2, 0.25) is 0 Å². The molecule has 0 amide bonds. The van der Waals surface area contributed by atoms with Gasteiger partial charge in [-0.2, -0.15) is 0 Å². The van der Waals surface area contributed by atoms with Crippen molar-refractivity contribution in [3.63, 3.8) is 0 Å². The molecule has 0 bridgehead atoms. The monoisotopic (exact) mass is 480 g/mol. The van der Waals surface area contributed by atoms with Gasteiger partial charge in [0.1, 0.15) is 11.5 Å². The number of piperidine rings is 1. The minimum Gasteiger partial charge on any atom is -0.497 e. The second kappa shape index (κ2) is 10.9. The molecule has 1 aliphatic heterocycles. The van der Waals surface area contributed by atoms with E-state index in [1.165, 1.54) is 5.56 Å². The first-order valence-electron chi connectivity index (χ1n) is 11.6. The maximum atomic E-state index is 13.9. The van der Waals surface area contributed by atoms with Crippen LogP contribution in [-0.2, 0) is 16.4 Å². The average molecular weight is 481 g/mol. The van der Waals surface area contributed by atoms with Crippen LogP contribution < -0.4 is 13.8 Å². The van der Waals surface area contributed by atoms with Gasteiger partial charge < -0.3 is 14.4 Å². The van der Waals surface area contributed by atoms with Gasteiger partial charge >= 0.3 is 0 Å². The number of anilines is 1. The molecule has 4 rings (SSSR count). The molecule has 1 saturated heterocycles. The number of nitrogens with zero attached hydrogens (tertiary/aromatic N) is 2. The van der Waals surface area contributed by atoms with Crippen LogP contribution in [0, 0.1) is 0 Å². The Bertz CT molecular complexity index is 1160. The van der Waals surface area contributed by atoms with Gasteiger partial charge in [0.05, 0.1) is 24.8 Å². The maximum absolute atomic E-state index is 13.9. The topological polar surface area (TPSA) is 59.1 Å². The normalized spacial score (nSPS) is 15.1. The van der Waals surface area contributed by atoms with Crippen LogP contribution in [0.1, 0.15) is 18.4 Å². The molecular weight excluding hydrogens is 448 g/mol. The lowest BCUT2D eigenvalue weighted by Gasteiger charge is -2.39. The fourth-order valence-electron chi connectivity index (χ4n) is 4.46. The van der Waals surface area contributed by atoms with E-state index in [0.717, 1.165) is 38.9 Å². The molecule has 1 heterocycles. The predicted molar refractivity (Wildman–Crippen MR) is 135 cm³/mol. The third-order valence-electron chi connectivity index (χ3n) is 6.37. The first-order chi connectivity index (χ1) is 16.5. The molecule has 0 spiro atoms. The van der Waals surface area contributed by atoms with Crippen molar-refractivity contribution in [2.24, 2.45) is 0 Å². The van der Waals surface area contributed by atoms with E-state index in [1.807, 2.05) is 24.3 Å². The van der Waals surface area contributed by atoms with Gasteiger partial charge in [0.15, 0.2) is 0 Å². The molecule has 0 saturated carbocycles. The summed E-state index contributed by atoms with van der Waals surface area (Å²) >= 11 is 0. The highest BCUT2D eigenvalue weighted by atomic mass is 32.2. The zero-order valence-corrected chi connectivity index (χ0v) is 20.6. The lowest BCUT2D eigenvalue weighted by Crippen LogP contribution is -2.48. The van der Waals surface area contributed by atoms with Gasteiger partial charge in [-0.15, -0.1) is 0 Å². The zero-order valence-electron chi connectivity index (χ0n) is 19.8. The number of sulfonamides is 1. The Morgan fingerprint density at radius 1 is 0.853 bits per heavy atom. The summed E-state index contributed by atoms with van der Waals surface area (Å²) < 4.78 is 39.9. The van der Waals surface area contributed by atoms with Crippen LogP contribution in [-0.4, -0.2) is 53.2 Å². The van der Waals surface area contributed by atoms with Crippen molar-refractivity contribution in [3.05, 3.63) is 84.4 Å². The summed E-state index contributed by atoms with van der Waals surface area (Å²) in [5.74, 6) is 1.26. The van der Waals surface area contributed by atoms with Gasteiger partial charge in [0.25, 0.3) is 10.0 Å². The smallest absolute Gasteiger partial charge is 0.264 e. The minimum absolute atomic E-state index is 0.132. The van der Waals surface area contributed by atoms with Gasteiger partial charge in [-0.1, -0.05) is 36.4 Å². The zero-order chi connectivity index (χ0) is 24.0. The van der Waals surface area contributed by atoms with Gasteiger partial charge in [-0.05, 0) is 61.2 Å². The number of ether oxygens (including phenoxy) is 2. The van der Waals surface area contributed by atoms with Crippen molar-refractivity contribution in [2.75, 3.05) is 38.2 Å². The van der Waals surface area contributed by atoms with Crippen LogP contribution in [0.5, 0.6) is 11.5 Å². The molecule has 0 radical (unpaired) electrons. The molecular formula is C27H32N2O4S. The molecule has 0 unspecified atom stereocenters. The largest absolute Gasteiger partial charge is 0.497 e. The van der Waals surface area contributed by atoms with Crippen molar-refractivity contribution in [2.45, 2.75) is 30.2 Å². The Labute approximate surface area is 202 Å². The second-order valence-corrected chi connectivity index (χ2v) is 10.3. The van der Waals surface area contributed by atoms with Crippen molar-refractivity contribution < 1.29 is 17.9 Å². The van der Waals surface area contributed by atoms with Gasteiger partial charge in [0.2, 0.25) is 0 Å². The van der Waals surface area contributed by atoms with E-state index in [2.05, 4.69) is 29.2 Å². The lowest BCUT2D eigenvalue weighted by atomic mass is 10.0. The molecule has 0 aliphatic carbocycles. The lowest BCUT2D eigenvalue weighted by molar-refractivity contribution is 0.216. The van der Waals surface area contributed by atoms with Crippen LogP contribution >= 0.6 is 0 Å². The highest BCUT2D eigenvalue weighted by Gasteiger charge is 2.34. The summed E-state index contributed by atoms with van der Waals surface area (Å²) in [5, 5.41) is 0. The number of methoxy groups -OCH3 is 2. The molecule has 6 nitrogen and oxygen atoms in total. The SMILES string of the molecule is COc1ccc(S(=O)(=O)N(c2cccc(OC)c2)C2CCN(CCc3ccccc3)CC2)cc1. The fraction of sp³-hybridized carbons (Fsp3) is 0.333. The molecule has 3 aromatic carbocycles. The van der Waals surface area contributed by atoms with Gasteiger partial charge in [0, 0.05) is 31.7 Å². The molecule has 0 N–H and O–H groups in total. The number of benzene rings is 3. The molecule has 34 heavy (non-hydrogen) atoms. The third-order valence-corrected chi connectivity index (χ3v) is 8.27. The Morgan fingerprint density at radius 3 is 2.18 bits per heavy atom. The summed E-state index contributed by atoms with van der Waals surface area (Å²) in [7, 11) is -0.616. The van der Waals surface area contributed by atoms with Crippen molar-refractivity contribution in [1.82, 2.24) is 4.90 Å². The Balaban J connectivity index is 1.55. The van der Waals surface area contributed by atoms with Crippen molar-refractivity contribution >= 4 is 15.7 Å². The van der Waals surface area contributed by atoms with Gasteiger partial charge in [-0.3, -0.25) is 4.31 Å². The van der Waals surface area contributed by atoms with Crippen LogP contribution in [0.15, 0.2) is 83.8 Å². The molecule has 1 fully saturated rings. The quantitative estimate of drug-likeness (QED) is 0.448. The van der Waals surface area contributed by atoms with E-state index in [4.69, 9.17) is 9.47 Å². The van der Waals surface area contributed by atoms with Crippen LogP contribution in [0.4, 0.5) is 5.69 Å². The van der Waals surface area contributed by atoms with Crippen LogP contribution in [0.25, 0.3) is 0 Å². The number of hydrogen-bond donors (Lipinski definition) is 0. The molecule has 7 heteroatoms. The molecule has 0 atom stereocenters. The summed E-state index contributed by atoms with van der Waals surface area (Å²) in [6, 6.07) is 24.2. The standard InChI is InChI=1S/C27H32N2O4S/c1-32-25-11-13-27(14-12-25)34(30,31)29(24-9-6-10-26(21-24)33-2)23-16-19-28(20-17-23)18-15-22-7-4-3-5-8-22/h3-14,21,23H,15-20H2,1-2H3. The molecule has 1 aliphatic rings. The highest BCUT2D eigenvalue weighted by Crippen LogP contribution is 2.33. The Kier molecular flexibility index (Phi) is 7.75. The summed E-state index contributed by atoms with van der Waals surface area (Å²) in [6.45, 7) is 2.69. The third kappa shape index (κ3) is 5.54. The minimum atomic E-state index is -3.77. The Hall–Kier alpha value is -3.03. The van der Waals surface area contributed by atoms with E-state index in [1.54, 1.807) is 48.9 Å². The number of rotatable bonds is 9. The predicted octanol–water partition coefficient (Wildman–Crippen LogP) is 4.61. The van der Waals surface area contributed by atoms with E-state index >= 15 is 0 Å². The molecule has 180 valence electrons. The molecule has 0 aromatic heterocycles. The second-order valence-electron chi connectivity index (χ2n) is 8.49.